The van der Waals surface area contributed by atoms with Crippen molar-refractivity contribution in [2.45, 2.75) is 31.1 Å². The first kappa shape index (κ1) is 16.5. The maximum absolute atomic E-state index is 12.2. The van der Waals surface area contributed by atoms with E-state index in [9.17, 15) is 8.42 Å². The standard InChI is InChI=1S/C19H24O3S/c1-3-15-6-10-19-16(7-11-18(15)19)12-13-22-23(20,21)17-8-4-14(2)5-9-17/h3-5,7-9,11,15-16,18-19H,1,6,10,12-13H2,2H3/t15-,16-,18-,19-/m0/s1. The van der Waals surface area contributed by atoms with E-state index in [1.54, 1.807) is 24.3 Å². The van der Waals surface area contributed by atoms with E-state index in [4.69, 9.17) is 4.18 Å². The van der Waals surface area contributed by atoms with Crippen molar-refractivity contribution in [1.29, 1.82) is 0 Å². The molecular formula is C19H24O3S. The maximum Gasteiger partial charge on any atom is 0.296 e. The van der Waals surface area contributed by atoms with Crippen molar-refractivity contribution in [3.8, 4) is 0 Å². The Morgan fingerprint density at radius 1 is 1.22 bits per heavy atom. The van der Waals surface area contributed by atoms with Gasteiger partial charge in [0.2, 0.25) is 0 Å². The molecule has 2 aliphatic rings. The zero-order valence-electron chi connectivity index (χ0n) is 13.5. The SMILES string of the molecule is C=C[C@H]1CC[C@@H]2[C@H]1C=C[C@H]2CCOS(=O)(=O)c1ccc(C)cc1. The summed E-state index contributed by atoms with van der Waals surface area (Å²) in [5.41, 5.74) is 1.03. The zero-order valence-corrected chi connectivity index (χ0v) is 14.3. The molecule has 0 aromatic heterocycles. The highest BCUT2D eigenvalue weighted by Crippen LogP contribution is 2.48. The molecule has 0 aliphatic heterocycles. The quantitative estimate of drug-likeness (QED) is 0.582. The van der Waals surface area contributed by atoms with Gasteiger partial charge in [0.05, 0.1) is 11.5 Å². The molecule has 0 unspecified atom stereocenters. The van der Waals surface area contributed by atoms with Gasteiger partial charge in [-0.3, -0.25) is 4.18 Å². The van der Waals surface area contributed by atoms with Gasteiger partial charge in [-0.05, 0) is 62.0 Å². The van der Waals surface area contributed by atoms with E-state index in [2.05, 4.69) is 24.8 Å². The second-order valence-corrected chi connectivity index (χ2v) is 8.26. The summed E-state index contributed by atoms with van der Waals surface area (Å²) < 4.78 is 29.6. The Labute approximate surface area is 139 Å². The third-order valence-corrected chi connectivity index (χ3v) is 6.58. The molecule has 0 spiro atoms. The Morgan fingerprint density at radius 2 is 1.96 bits per heavy atom. The first-order valence-corrected chi connectivity index (χ1v) is 9.69. The van der Waals surface area contributed by atoms with Crippen molar-refractivity contribution < 1.29 is 12.6 Å². The molecule has 4 atom stereocenters. The summed E-state index contributed by atoms with van der Waals surface area (Å²) in [4.78, 5) is 0.232. The second-order valence-electron chi connectivity index (χ2n) is 6.64. The molecule has 1 fully saturated rings. The van der Waals surface area contributed by atoms with Crippen molar-refractivity contribution in [2.24, 2.45) is 23.7 Å². The van der Waals surface area contributed by atoms with E-state index in [0.29, 0.717) is 23.7 Å². The van der Waals surface area contributed by atoms with Crippen LogP contribution in [0.1, 0.15) is 24.8 Å². The molecule has 3 rings (SSSR count). The van der Waals surface area contributed by atoms with Crippen LogP contribution in [0.15, 0.2) is 54.0 Å². The Hall–Kier alpha value is -1.39. The average molecular weight is 332 g/mol. The fraction of sp³-hybridized carbons (Fsp3) is 0.474. The van der Waals surface area contributed by atoms with E-state index in [-0.39, 0.29) is 11.5 Å². The van der Waals surface area contributed by atoms with Crippen LogP contribution in [0.5, 0.6) is 0 Å². The third kappa shape index (κ3) is 3.43. The summed E-state index contributed by atoms with van der Waals surface area (Å²) in [6, 6.07) is 6.77. The monoisotopic (exact) mass is 332 g/mol. The summed E-state index contributed by atoms with van der Waals surface area (Å²) >= 11 is 0. The van der Waals surface area contributed by atoms with Gasteiger partial charge >= 0.3 is 0 Å². The smallest absolute Gasteiger partial charge is 0.266 e. The number of hydrogen-bond acceptors (Lipinski definition) is 3. The summed E-state index contributed by atoms with van der Waals surface area (Å²) in [6.45, 7) is 6.10. The minimum absolute atomic E-state index is 0.232. The van der Waals surface area contributed by atoms with Crippen LogP contribution in [-0.2, 0) is 14.3 Å². The van der Waals surface area contributed by atoms with Gasteiger partial charge in [-0.1, -0.05) is 35.9 Å². The largest absolute Gasteiger partial charge is 0.296 e. The fourth-order valence-electron chi connectivity index (χ4n) is 3.94. The molecule has 0 radical (unpaired) electrons. The fourth-order valence-corrected chi connectivity index (χ4v) is 4.86. The van der Waals surface area contributed by atoms with Crippen molar-refractivity contribution in [3.63, 3.8) is 0 Å². The summed E-state index contributed by atoms with van der Waals surface area (Å²) in [7, 11) is -3.65. The van der Waals surface area contributed by atoms with E-state index in [1.165, 1.54) is 12.8 Å². The van der Waals surface area contributed by atoms with Crippen LogP contribution in [-0.4, -0.2) is 15.0 Å². The van der Waals surface area contributed by atoms with Gasteiger partial charge in [0.25, 0.3) is 10.1 Å². The molecule has 1 saturated carbocycles. The lowest BCUT2D eigenvalue weighted by molar-refractivity contribution is 0.259. The van der Waals surface area contributed by atoms with Gasteiger partial charge in [-0.25, -0.2) is 0 Å². The minimum Gasteiger partial charge on any atom is -0.266 e. The predicted molar refractivity (Wildman–Crippen MR) is 91.5 cm³/mol. The first-order chi connectivity index (χ1) is 11.0. The Bertz CT molecular complexity index is 688. The predicted octanol–water partition coefficient (Wildman–Crippen LogP) is 4.10. The Kier molecular flexibility index (Phi) is 4.74. The number of fused-ring (bicyclic) bond motifs is 1. The van der Waals surface area contributed by atoms with Gasteiger partial charge in [0.1, 0.15) is 0 Å². The molecule has 0 N–H and O–H groups in total. The van der Waals surface area contributed by atoms with Crippen LogP contribution in [0.2, 0.25) is 0 Å². The summed E-state index contributed by atoms with van der Waals surface area (Å²) in [5, 5.41) is 0. The van der Waals surface area contributed by atoms with Crippen molar-refractivity contribution in [1.82, 2.24) is 0 Å². The first-order valence-electron chi connectivity index (χ1n) is 8.28. The topological polar surface area (TPSA) is 43.4 Å². The van der Waals surface area contributed by atoms with Gasteiger partial charge in [-0.15, -0.1) is 6.58 Å². The second kappa shape index (κ2) is 6.62. The Balaban J connectivity index is 1.55. The number of hydrogen-bond donors (Lipinski definition) is 0. The molecule has 1 aromatic rings. The number of allylic oxidation sites excluding steroid dienone is 3. The van der Waals surface area contributed by atoms with Gasteiger partial charge in [0, 0.05) is 0 Å². The lowest BCUT2D eigenvalue weighted by Gasteiger charge is -2.19. The van der Waals surface area contributed by atoms with Crippen LogP contribution < -0.4 is 0 Å². The molecule has 0 amide bonds. The normalized spacial score (nSPS) is 29.6. The lowest BCUT2D eigenvalue weighted by Crippen LogP contribution is -2.16. The molecule has 3 nitrogen and oxygen atoms in total. The van der Waals surface area contributed by atoms with Gasteiger partial charge in [-0.2, -0.15) is 8.42 Å². The van der Waals surface area contributed by atoms with Crippen LogP contribution in [0, 0.1) is 30.6 Å². The summed E-state index contributed by atoms with van der Waals surface area (Å²) in [6.07, 6.45) is 9.75. The van der Waals surface area contributed by atoms with Crippen LogP contribution in [0.4, 0.5) is 0 Å². The molecule has 124 valence electrons. The molecule has 1 aromatic carbocycles. The third-order valence-electron chi connectivity index (χ3n) is 5.25. The zero-order chi connectivity index (χ0) is 16.4. The molecule has 0 heterocycles. The van der Waals surface area contributed by atoms with Crippen LogP contribution in [0.3, 0.4) is 0 Å². The van der Waals surface area contributed by atoms with Crippen LogP contribution in [0.25, 0.3) is 0 Å². The highest BCUT2D eigenvalue weighted by Gasteiger charge is 2.39. The summed E-state index contributed by atoms with van der Waals surface area (Å²) in [5.74, 6) is 2.23. The van der Waals surface area contributed by atoms with E-state index in [1.807, 2.05) is 6.92 Å². The number of aryl methyl sites for hydroxylation is 1. The van der Waals surface area contributed by atoms with E-state index >= 15 is 0 Å². The van der Waals surface area contributed by atoms with Gasteiger partial charge in [0.15, 0.2) is 0 Å². The molecule has 2 aliphatic carbocycles. The average Bonchev–Trinajstić information content (AvgIpc) is 3.10. The minimum atomic E-state index is -3.65. The molecule has 0 bridgehead atoms. The highest BCUT2D eigenvalue weighted by molar-refractivity contribution is 7.86. The molecule has 0 saturated heterocycles. The molecular weight excluding hydrogens is 308 g/mol. The molecule has 4 heteroatoms. The van der Waals surface area contributed by atoms with Gasteiger partial charge < -0.3 is 0 Å². The van der Waals surface area contributed by atoms with E-state index in [0.717, 1.165) is 12.0 Å². The van der Waals surface area contributed by atoms with Crippen molar-refractivity contribution in [2.75, 3.05) is 6.61 Å². The van der Waals surface area contributed by atoms with Crippen LogP contribution >= 0.6 is 0 Å². The lowest BCUT2D eigenvalue weighted by atomic mass is 9.86. The Morgan fingerprint density at radius 3 is 2.65 bits per heavy atom. The van der Waals surface area contributed by atoms with Crippen molar-refractivity contribution in [3.05, 3.63) is 54.6 Å². The maximum atomic E-state index is 12.2. The number of rotatable bonds is 6. The number of benzene rings is 1. The van der Waals surface area contributed by atoms with E-state index < -0.39 is 10.1 Å². The van der Waals surface area contributed by atoms with Crippen molar-refractivity contribution >= 4 is 10.1 Å². The molecule has 23 heavy (non-hydrogen) atoms. The highest BCUT2D eigenvalue weighted by atomic mass is 32.2.